The number of ketones is 1. The maximum absolute atomic E-state index is 13.3. The summed E-state index contributed by atoms with van der Waals surface area (Å²) in [5, 5.41) is 1.54. The van der Waals surface area contributed by atoms with Gasteiger partial charge in [0.05, 0.1) is 41.5 Å². The summed E-state index contributed by atoms with van der Waals surface area (Å²) in [4.78, 5) is 13.3. The highest BCUT2D eigenvalue weighted by atomic mass is 127. The van der Waals surface area contributed by atoms with Crippen LogP contribution in [0.1, 0.15) is 36.8 Å². The van der Waals surface area contributed by atoms with Gasteiger partial charge in [-0.25, -0.2) is 0 Å². The Kier molecular flexibility index (Phi) is 8.87. The fraction of sp³-hybridized carbons (Fsp3) is 0.316. The summed E-state index contributed by atoms with van der Waals surface area (Å²) in [6.07, 6.45) is 0. The van der Waals surface area contributed by atoms with E-state index in [2.05, 4.69) is 45.2 Å². The second kappa shape index (κ2) is 10.1. The lowest BCUT2D eigenvalue weighted by molar-refractivity contribution is -0.121. The topological polar surface area (TPSA) is 35.5 Å². The molecule has 2 aromatic carbocycles. The second-order valence-corrected chi connectivity index (χ2v) is 9.79. The van der Waals surface area contributed by atoms with Gasteiger partial charge in [-0.2, -0.15) is 0 Å². The molecule has 2 aromatic rings. The van der Waals surface area contributed by atoms with E-state index in [9.17, 15) is 4.79 Å². The van der Waals surface area contributed by atoms with Crippen LogP contribution in [0.4, 0.5) is 0 Å². The molecule has 28 heavy (non-hydrogen) atoms. The first-order valence-corrected chi connectivity index (χ1v) is 11.7. The van der Waals surface area contributed by atoms with Crippen LogP contribution in [0.5, 0.6) is 11.5 Å². The van der Waals surface area contributed by atoms with Gasteiger partial charge >= 0.3 is 0 Å². The zero-order valence-electron chi connectivity index (χ0n) is 15.3. The van der Waals surface area contributed by atoms with Crippen molar-refractivity contribution in [2.45, 2.75) is 25.7 Å². The van der Waals surface area contributed by atoms with Crippen LogP contribution in [0, 0.1) is 7.14 Å². The highest BCUT2D eigenvalue weighted by molar-refractivity contribution is 14.1. The average Bonchev–Trinajstić information content (AvgIpc) is 2.68. The molecule has 0 aliphatic carbocycles. The van der Waals surface area contributed by atoms with Crippen LogP contribution in [0.2, 0.25) is 20.1 Å². The molecule has 0 aromatic heterocycles. The molecule has 152 valence electrons. The molecule has 0 aliphatic rings. The Bertz CT molecular complexity index is 861. The Morgan fingerprint density at radius 1 is 0.821 bits per heavy atom. The van der Waals surface area contributed by atoms with Gasteiger partial charge < -0.3 is 9.47 Å². The fourth-order valence-electron chi connectivity index (χ4n) is 2.93. The quantitative estimate of drug-likeness (QED) is 0.228. The number of rotatable bonds is 6. The van der Waals surface area contributed by atoms with E-state index in [1.807, 2.05) is 13.8 Å². The molecule has 0 radical (unpaired) electrons. The fourth-order valence-corrected chi connectivity index (χ4v) is 5.60. The molecule has 0 spiro atoms. The molecule has 9 heteroatoms. The van der Waals surface area contributed by atoms with Gasteiger partial charge in [0.25, 0.3) is 0 Å². The van der Waals surface area contributed by atoms with Crippen LogP contribution in [-0.4, -0.2) is 20.0 Å². The molecule has 0 aliphatic heterocycles. The van der Waals surface area contributed by atoms with Crippen molar-refractivity contribution >= 4 is 97.4 Å². The minimum Gasteiger partial charge on any atom is -0.495 e. The SMILES string of the molecule is COc1c(C(C)C(=O)C(C)c2cc(Cl)c(Cl)c(I)c2OC)cc(Cl)c(Cl)c1I. The van der Waals surface area contributed by atoms with Crippen molar-refractivity contribution in [3.05, 3.63) is 50.5 Å². The summed E-state index contributed by atoms with van der Waals surface area (Å²) in [7, 11) is 3.08. The number of hydrogen-bond acceptors (Lipinski definition) is 3. The van der Waals surface area contributed by atoms with Gasteiger partial charge in [0, 0.05) is 23.0 Å². The van der Waals surface area contributed by atoms with Crippen LogP contribution in [0.15, 0.2) is 12.1 Å². The maximum Gasteiger partial charge on any atom is 0.147 e. The first kappa shape index (κ1) is 24.6. The molecular weight excluding hydrogens is 672 g/mol. The Balaban J connectivity index is 2.53. The number of benzene rings is 2. The van der Waals surface area contributed by atoms with E-state index in [0.717, 1.165) is 0 Å². The second-order valence-electron chi connectivity index (χ2n) is 6.06. The van der Waals surface area contributed by atoms with Crippen molar-refractivity contribution in [1.29, 1.82) is 0 Å². The summed E-state index contributed by atoms with van der Waals surface area (Å²) < 4.78 is 12.3. The summed E-state index contributed by atoms with van der Waals surface area (Å²) in [6, 6.07) is 3.35. The van der Waals surface area contributed by atoms with Crippen molar-refractivity contribution in [2.75, 3.05) is 14.2 Å². The van der Waals surface area contributed by atoms with E-state index in [0.29, 0.717) is 49.9 Å². The monoisotopic (exact) mass is 686 g/mol. The molecule has 0 saturated heterocycles. The molecule has 2 rings (SSSR count). The van der Waals surface area contributed by atoms with Crippen molar-refractivity contribution < 1.29 is 14.3 Å². The van der Waals surface area contributed by atoms with E-state index in [1.165, 1.54) is 14.2 Å². The number of hydrogen-bond donors (Lipinski definition) is 0. The first-order chi connectivity index (χ1) is 13.1. The molecule has 2 atom stereocenters. The zero-order chi connectivity index (χ0) is 21.3. The van der Waals surface area contributed by atoms with Crippen LogP contribution in [-0.2, 0) is 4.79 Å². The van der Waals surface area contributed by atoms with Crippen molar-refractivity contribution in [3.8, 4) is 11.5 Å². The zero-order valence-corrected chi connectivity index (χ0v) is 22.6. The minimum absolute atomic E-state index is 0.0417. The number of halogens is 6. The molecule has 0 saturated carbocycles. The molecular formula is C19H16Cl4I2O3. The molecule has 0 N–H and O–H groups in total. The van der Waals surface area contributed by atoms with Gasteiger partial charge in [-0.1, -0.05) is 60.3 Å². The molecule has 0 amide bonds. The van der Waals surface area contributed by atoms with Gasteiger partial charge in [0.2, 0.25) is 0 Å². The van der Waals surface area contributed by atoms with E-state index < -0.39 is 11.8 Å². The molecule has 0 heterocycles. The molecule has 0 bridgehead atoms. The van der Waals surface area contributed by atoms with E-state index in [4.69, 9.17) is 55.9 Å². The smallest absolute Gasteiger partial charge is 0.147 e. The Morgan fingerprint density at radius 2 is 1.14 bits per heavy atom. The normalized spacial score (nSPS) is 13.2. The summed E-state index contributed by atoms with van der Waals surface area (Å²) in [5.74, 6) is 0.0487. The van der Waals surface area contributed by atoms with Gasteiger partial charge in [0.15, 0.2) is 0 Å². The first-order valence-electron chi connectivity index (χ1n) is 8.03. The largest absolute Gasteiger partial charge is 0.495 e. The van der Waals surface area contributed by atoms with Crippen molar-refractivity contribution in [2.24, 2.45) is 0 Å². The predicted molar refractivity (Wildman–Crippen MR) is 133 cm³/mol. The number of Topliss-reactive ketones (excluding diaryl/α,β-unsaturated/α-hetero) is 1. The predicted octanol–water partition coefficient (Wildman–Crippen LogP) is 8.00. The van der Waals surface area contributed by atoms with Crippen molar-refractivity contribution in [1.82, 2.24) is 0 Å². The number of methoxy groups -OCH3 is 2. The summed E-state index contributed by atoms with van der Waals surface area (Å²) in [5.41, 5.74) is 1.35. The van der Waals surface area contributed by atoms with Gasteiger partial charge in [-0.15, -0.1) is 0 Å². The van der Waals surface area contributed by atoms with Crippen LogP contribution in [0.25, 0.3) is 0 Å². The molecule has 2 unspecified atom stereocenters. The average molecular weight is 688 g/mol. The van der Waals surface area contributed by atoms with E-state index in [-0.39, 0.29) is 5.78 Å². The van der Waals surface area contributed by atoms with Gasteiger partial charge in [0.1, 0.15) is 17.3 Å². The standard InChI is InChI=1S/C19H16Cl4I2O3/c1-7(9-5-11(20)13(22)15(24)18(9)27-3)17(26)8(2)10-6-12(21)14(23)16(25)19(10)28-4/h5-8H,1-4H3. The number of carbonyl (C=O) groups is 1. The van der Waals surface area contributed by atoms with Crippen LogP contribution in [0.3, 0.4) is 0 Å². The van der Waals surface area contributed by atoms with Gasteiger partial charge in [-0.05, 0) is 57.3 Å². The third-order valence-electron chi connectivity index (χ3n) is 4.49. The lowest BCUT2D eigenvalue weighted by atomic mass is 9.85. The Labute approximate surface area is 211 Å². The Hall–Kier alpha value is 0.330. The van der Waals surface area contributed by atoms with E-state index in [1.54, 1.807) is 12.1 Å². The van der Waals surface area contributed by atoms with Crippen LogP contribution >= 0.6 is 91.6 Å². The summed E-state index contributed by atoms with van der Waals surface area (Å²) in [6.45, 7) is 3.62. The highest BCUT2D eigenvalue weighted by Gasteiger charge is 2.30. The maximum atomic E-state index is 13.3. The number of carbonyl (C=O) groups excluding carboxylic acids is 1. The molecule has 3 nitrogen and oxygen atoms in total. The lowest BCUT2D eigenvalue weighted by Crippen LogP contribution is -2.18. The van der Waals surface area contributed by atoms with E-state index >= 15 is 0 Å². The van der Waals surface area contributed by atoms with Crippen molar-refractivity contribution in [3.63, 3.8) is 0 Å². The third kappa shape index (κ3) is 4.64. The highest BCUT2D eigenvalue weighted by Crippen LogP contribution is 2.44. The minimum atomic E-state index is -0.495. The molecule has 0 fully saturated rings. The Morgan fingerprint density at radius 3 is 1.43 bits per heavy atom. The lowest BCUT2D eigenvalue weighted by Gasteiger charge is -2.23. The third-order valence-corrected chi connectivity index (χ3v) is 8.76. The number of ether oxygens (including phenoxy) is 2. The van der Waals surface area contributed by atoms with Crippen LogP contribution < -0.4 is 9.47 Å². The van der Waals surface area contributed by atoms with Gasteiger partial charge in [-0.3, -0.25) is 4.79 Å². The summed E-state index contributed by atoms with van der Waals surface area (Å²) >= 11 is 29.0.